The van der Waals surface area contributed by atoms with Crippen molar-refractivity contribution in [2.45, 2.75) is 6.92 Å². The van der Waals surface area contributed by atoms with Gasteiger partial charge in [0.25, 0.3) is 5.91 Å². The van der Waals surface area contributed by atoms with E-state index in [0.717, 1.165) is 5.56 Å². The molecule has 6 heteroatoms. The summed E-state index contributed by atoms with van der Waals surface area (Å²) < 4.78 is 29.9. The standard InChI is InChI=1S/C20H18FNO4/c1-12-10-18(24-2)19(25-3)11-15(12)22-20(23)17-9-8-16(26-17)13-6-4-5-7-14(13)21/h4-11H,1-3H3,(H,22,23). The highest BCUT2D eigenvalue weighted by Crippen LogP contribution is 2.33. The largest absolute Gasteiger partial charge is 0.493 e. The zero-order chi connectivity index (χ0) is 18.7. The lowest BCUT2D eigenvalue weighted by Gasteiger charge is -2.13. The predicted octanol–water partition coefficient (Wildman–Crippen LogP) is 4.66. The number of rotatable bonds is 5. The van der Waals surface area contributed by atoms with E-state index in [0.29, 0.717) is 22.7 Å². The lowest BCUT2D eigenvalue weighted by molar-refractivity contribution is 0.0997. The number of carbonyl (C=O) groups excluding carboxylic acids is 1. The van der Waals surface area contributed by atoms with Crippen molar-refractivity contribution in [3.05, 3.63) is 65.7 Å². The topological polar surface area (TPSA) is 60.7 Å². The number of anilines is 1. The molecule has 3 rings (SSSR count). The van der Waals surface area contributed by atoms with Crippen LogP contribution in [0.15, 0.2) is 52.9 Å². The maximum absolute atomic E-state index is 13.9. The van der Waals surface area contributed by atoms with Gasteiger partial charge in [-0.1, -0.05) is 12.1 Å². The molecule has 0 aliphatic carbocycles. The maximum Gasteiger partial charge on any atom is 0.291 e. The zero-order valence-corrected chi connectivity index (χ0v) is 14.6. The van der Waals surface area contributed by atoms with Gasteiger partial charge in [0.1, 0.15) is 11.6 Å². The zero-order valence-electron chi connectivity index (χ0n) is 14.6. The fourth-order valence-corrected chi connectivity index (χ4v) is 2.56. The summed E-state index contributed by atoms with van der Waals surface area (Å²) in [6.07, 6.45) is 0. The molecular weight excluding hydrogens is 337 g/mol. The summed E-state index contributed by atoms with van der Waals surface area (Å²) in [6, 6.07) is 12.7. The molecule has 0 unspecified atom stereocenters. The third-order valence-electron chi connectivity index (χ3n) is 3.95. The summed E-state index contributed by atoms with van der Waals surface area (Å²) in [5.41, 5.74) is 1.67. The lowest BCUT2D eigenvalue weighted by Crippen LogP contribution is -2.12. The van der Waals surface area contributed by atoms with E-state index in [4.69, 9.17) is 13.9 Å². The maximum atomic E-state index is 13.9. The Morgan fingerprint density at radius 3 is 2.42 bits per heavy atom. The molecule has 0 aliphatic heterocycles. The van der Waals surface area contributed by atoms with Gasteiger partial charge in [0, 0.05) is 11.8 Å². The van der Waals surface area contributed by atoms with Crippen LogP contribution in [0.25, 0.3) is 11.3 Å². The molecule has 134 valence electrons. The molecule has 0 spiro atoms. The molecule has 2 aromatic carbocycles. The van der Waals surface area contributed by atoms with E-state index in [9.17, 15) is 9.18 Å². The molecule has 0 saturated heterocycles. The van der Waals surface area contributed by atoms with Crippen molar-refractivity contribution >= 4 is 11.6 Å². The number of amides is 1. The van der Waals surface area contributed by atoms with Crippen molar-refractivity contribution in [1.82, 2.24) is 0 Å². The number of ether oxygens (including phenoxy) is 2. The predicted molar refractivity (Wildman–Crippen MR) is 96.3 cm³/mol. The van der Waals surface area contributed by atoms with E-state index in [1.165, 1.54) is 19.2 Å². The van der Waals surface area contributed by atoms with Crippen molar-refractivity contribution in [3.8, 4) is 22.8 Å². The Morgan fingerprint density at radius 2 is 1.73 bits per heavy atom. The van der Waals surface area contributed by atoms with Crippen LogP contribution in [0.5, 0.6) is 11.5 Å². The fourth-order valence-electron chi connectivity index (χ4n) is 2.56. The summed E-state index contributed by atoms with van der Waals surface area (Å²) >= 11 is 0. The van der Waals surface area contributed by atoms with Gasteiger partial charge in [0.15, 0.2) is 17.3 Å². The van der Waals surface area contributed by atoms with Crippen LogP contribution >= 0.6 is 0 Å². The Kier molecular flexibility index (Phi) is 4.93. The minimum absolute atomic E-state index is 0.0810. The van der Waals surface area contributed by atoms with Gasteiger partial charge in [-0.3, -0.25) is 4.79 Å². The van der Waals surface area contributed by atoms with Crippen LogP contribution in [-0.4, -0.2) is 20.1 Å². The van der Waals surface area contributed by atoms with Gasteiger partial charge < -0.3 is 19.2 Å². The Bertz CT molecular complexity index is 949. The molecule has 1 heterocycles. The quantitative estimate of drug-likeness (QED) is 0.723. The number of halogens is 1. The number of furan rings is 1. The number of aryl methyl sites for hydroxylation is 1. The van der Waals surface area contributed by atoms with Gasteiger partial charge in [-0.25, -0.2) is 4.39 Å². The van der Waals surface area contributed by atoms with Crippen molar-refractivity contribution in [3.63, 3.8) is 0 Å². The second-order valence-electron chi connectivity index (χ2n) is 5.62. The highest BCUT2D eigenvalue weighted by Gasteiger charge is 2.16. The van der Waals surface area contributed by atoms with Crippen LogP contribution < -0.4 is 14.8 Å². The minimum Gasteiger partial charge on any atom is -0.493 e. The highest BCUT2D eigenvalue weighted by atomic mass is 19.1. The number of carbonyl (C=O) groups is 1. The first kappa shape index (κ1) is 17.5. The molecule has 0 saturated carbocycles. The second kappa shape index (κ2) is 7.31. The molecule has 0 fully saturated rings. The summed E-state index contributed by atoms with van der Waals surface area (Å²) in [5, 5.41) is 2.77. The third kappa shape index (κ3) is 3.39. The van der Waals surface area contributed by atoms with Crippen LogP contribution in [0.2, 0.25) is 0 Å². The van der Waals surface area contributed by atoms with E-state index in [1.807, 2.05) is 6.92 Å². The van der Waals surface area contributed by atoms with Crippen molar-refractivity contribution < 1.29 is 23.1 Å². The third-order valence-corrected chi connectivity index (χ3v) is 3.95. The summed E-state index contributed by atoms with van der Waals surface area (Å²) in [6.45, 7) is 1.84. The number of methoxy groups -OCH3 is 2. The Labute approximate surface area is 150 Å². The molecule has 1 N–H and O–H groups in total. The fraction of sp³-hybridized carbons (Fsp3) is 0.150. The SMILES string of the molecule is COc1cc(C)c(NC(=O)c2ccc(-c3ccccc3F)o2)cc1OC. The van der Waals surface area contributed by atoms with Crippen LogP contribution in [-0.2, 0) is 0 Å². The first-order valence-electron chi connectivity index (χ1n) is 7.92. The average molecular weight is 355 g/mol. The minimum atomic E-state index is -0.442. The number of hydrogen-bond acceptors (Lipinski definition) is 4. The molecule has 0 atom stereocenters. The van der Waals surface area contributed by atoms with E-state index in [-0.39, 0.29) is 11.5 Å². The van der Waals surface area contributed by atoms with Gasteiger partial charge >= 0.3 is 0 Å². The number of benzene rings is 2. The van der Waals surface area contributed by atoms with E-state index < -0.39 is 11.7 Å². The average Bonchev–Trinajstić information content (AvgIpc) is 3.13. The van der Waals surface area contributed by atoms with E-state index >= 15 is 0 Å². The van der Waals surface area contributed by atoms with E-state index in [1.54, 1.807) is 43.5 Å². The number of nitrogens with one attached hydrogen (secondary N) is 1. The molecule has 26 heavy (non-hydrogen) atoms. The molecule has 0 bridgehead atoms. The molecule has 0 aliphatic rings. The number of hydrogen-bond donors (Lipinski definition) is 1. The van der Waals surface area contributed by atoms with Crippen LogP contribution in [0.1, 0.15) is 16.1 Å². The Hall–Kier alpha value is -3.28. The van der Waals surface area contributed by atoms with Gasteiger partial charge in [-0.05, 0) is 42.8 Å². The van der Waals surface area contributed by atoms with Gasteiger partial charge in [0.2, 0.25) is 0 Å². The van der Waals surface area contributed by atoms with E-state index in [2.05, 4.69) is 5.32 Å². The van der Waals surface area contributed by atoms with Crippen molar-refractivity contribution in [2.75, 3.05) is 19.5 Å². The summed E-state index contributed by atoms with van der Waals surface area (Å²) in [4.78, 5) is 12.5. The highest BCUT2D eigenvalue weighted by molar-refractivity contribution is 6.03. The first-order chi connectivity index (χ1) is 12.5. The van der Waals surface area contributed by atoms with Gasteiger partial charge in [-0.15, -0.1) is 0 Å². The van der Waals surface area contributed by atoms with Crippen molar-refractivity contribution in [2.24, 2.45) is 0 Å². The summed E-state index contributed by atoms with van der Waals surface area (Å²) in [5.74, 6) is 0.588. The van der Waals surface area contributed by atoms with Gasteiger partial charge in [-0.2, -0.15) is 0 Å². The monoisotopic (exact) mass is 355 g/mol. The van der Waals surface area contributed by atoms with Gasteiger partial charge in [0.05, 0.1) is 19.8 Å². The second-order valence-corrected chi connectivity index (χ2v) is 5.62. The summed E-state index contributed by atoms with van der Waals surface area (Å²) in [7, 11) is 3.06. The molecule has 1 aromatic heterocycles. The Balaban J connectivity index is 1.85. The van der Waals surface area contributed by atoms with Crippen LogP contribution in [0.4, 0.5) is 10.1 Å². The first-order valence-corrected chi connectivity index (χ1v) is 7.92. The lowest BCUT2D eigenvalue weighted by atomic mass is 10.1. The molecule has 0 radical (unpaired) electrons. The van der Waals surface area contributed by atoms with Crippen molar-refractivity contribution in [1.29, 1.82) is 0 Å². The molecular formula is C20H18FNO4. The Morgan fingerprint density at radius 1 is 1.04 bits per heavy atom. The normalized spacial score (nSPS) is 10.5. The molecule has 1 amide bonds. The van der Waals surface area contributed by atoms with Crippen LogP contribution in [0.3, 0.4) is 0 Å². The molecule has 3 aromatic rings. The smallest absolute Gasteiger partial charge is 0.291 e. The molecule has 5 nitrogen and oxygen atoms in total. The van der Waals surface area contributed by atoms with Crippen LogP contribution in [0, 0.1) is 12.7 Å².